The summed E-state index contributed by atoms with van der Waals surface area (Å²) < 4.78 is 4.78. The van der Waals surface area contributed by atoms with E-state index < -0.39 is 11.0 Å². The summed E-state index contributed by atoms with van der Waals surface area (Å²) in [7, 11) is 1.49. The summed E-state index contributed by atoms with van der Waals surface area (Å²) in [6.07, 6.45) is -0.695. The minimum absolute atomic E-state index is 0.00890. The van der Waals surface area contributed by atoms with Gasteiger partial charge in [-0.2, -0.15) is 0 Å². The molecule has 17 heavy (non-hydrogen) atoms. The van der Waals surface area contributed by atoms with Crippen LogP contribution in [0.5, 0.6) is 0 Å². The van der Waals surface area contributed by atoms with Crippen LogP contribution in [0, 0.1) is 17.0 Å². The van der Waals surface area contributed by atoms with E-state index in [1.54, 1.807) is 19.1 Å². The van der Waals surface area contributed by atoms with Gasteiger partial charge >= 0.3 is 0 Å². The second kappa shape index (κ2) is 6.17. The maximum absolute atomic E-state index is 10.8. The molecule has 0 bridgehead atoms. The third-order valence-corrected chi connectivity index (χ3v) is 2.32. The summed E-state index contributed by atoms with van der Waals surface area (Å²) in [6, 6.07) is 4.83. The van der Waals surface area contributed by atoms with Gasteiger partial charge in [-0.1, -0.05) is 12.1 Å². The number of nitrogens with zero attached hydrogens (tertiary/aromatic N) is 1. The van der Waals surface area contributed by atoms with Crippen molar-refractivity contribution >= 4 is 11.4 Å². The Morgan fingerprint density at radius 1 is 1.59 bits per heavy atom. The highest BCUT2D eigenvalue weighted by Gasteiger charge is 2.15. The van der Waals surface area contributed by atoms with Crippen LogP contribution in [0.25, 0.3) is 0 Å². The summed E-state index contributed by atoms with van der Waals surface area (Å²) in [5.41, 5.74) is 1.21. The van der Waals surface area contributed by atoms with Crippen LogP contribution < -0.4 is 5.32 Å². The molecule has 94 valence electrons. The Kier molecular flexibility index (Phi) is 4.86. The Hall–Kier alpha value is -1.66. The van der Waals surface area contributed by atoms with Crippen LogP contribution in [0.3, 0.4) is 0 Å². The number of anilines is 1. The molecule has 6 heteroatoms. The molecule has 0 radical (unpaired) electrons. The Morgan fingerprint density at radius 2 is 2.29 bits per heavy atom. The summed E-state index contributed by atoms with van der Waals surface area (Å²) in [6.45, 7) is 2.17. The molecule has 0 aliphatic rings. The van der Waals surface area contributed by atoms with Crippen molar-refractivity contribution < 1.29 is 14.8 Å². The molecule has 0 amide bonds. The first kappa shape index (κ1) is 13.4. The van der Waals surface area contributed by atoms with Crippen molar-refractivity contribution in [3.05, 3.63) is 33.9 Å². The number of nitrogens with one attached hydrogen (secondary N) is 1. The predicted molar refractivity (Wildman–Crippen MR) is 64.2 cm³/mol. The van der Waals surface area contributed by atoms with E-state index in [1.165, 1.54) is 13.2 Å². The predicted octanol–water partition coefficient (Wildman–Crippen LogP) is 1.32. The molecule has 1 aromatic rings. The van der Waals surface area contributed by atoms with Gasteiger partial charge in [0, 0.05) is 19.7 Å². The van der Waals surface area contributed by atoms with Crippen LogP contribution >= 0.6 is 0 Å². The second-order valence-corrected chi connectivity index (χ2v) is 3.72. The van der Waals surface area contributed by atoms with Crippen LogP contribution in [0.15, 0.2) is 18.2 Å². The third-order valence-electron chi connectivity index (χ3n) is 2.32. The monoisotopic (exact) mass is 240 g/mol. The van der Waals surface area contributed by atoms with Gasteiger partial charge in [0.05, 0.1) is 17.6 Å². The molecule has 6 nitrogen and oxygen atoms in total. The maximum Gasteiger partial charge on any atom is 0.292 e. The number of rotatable bonds is 6. The van der Waals surface area contributed by atoms with Crippen molar-refractivity contribution in [3.63, 3.8) is 0 Å². The molecule has 0 aliphatic heterocycles. The Labute approximate surface area is 99.4 Å². The largest absolute Gasteiger partial charge is 0.389 e. The molecule has 1 aromatic carbocycles. The lowest BCUT2D eigenvalue weighted by Crippen LogP contribution is -2.24. The molecule has 1 unspecified atom stereocenters. The van der Waals surface area contributed by atoms with Crippen molar-refractivity contribution in [1.82, 2.24) is 0 Å². The second-order valence-electron chi connectivity index (χ2n) is 3.72. The fourth-order valence-electron chi connectivity index (χ4n) is 1.51. The number of hydrogen-bond acceptors (Lipinski definition) is 5. The lowest BCUT2D eigenvalue weighted by atomic mass is 10.1. The van der Waals surface area contributed by atoms with E-state index in [2.05, 4.69) is 5.32 Å². The lowest BCUT2D eigenvalue weighted by Gasteiger charge is -2.13. The standard InChI is InChI=1S/C11H16N2O4/c1-8-4-3-5-10(13(15)16)11(8)12-6-9(14)7-17-2/h3-5,9,12,14H,6-7H2,1-2H3. The molecule has 0 saturated heterocycles. The Balaban J connectivity index is 2.79. The molecule has 0 aromatic heterocycles. The topological polar surface area (TPSA) is 84.6 Å². The molecule has 0 fully saturated rings. The van der Waals surface area contributed by atoms with Gasteiger partial charge in [0.2, 0.25) is 0 Å². The molecule has 2 N–H and O–H groups in total. The number of aliphatic hydroxyl groups excluding tert-OH is 1. The van der Waals surface area contributed by atoms with E-state index in [9.17, 15) is 15.2 Å². The average molecular weight is 240 g/mol. The zero-order valence-corrected chi connectivity index (χ0v) is 9.84. The van der Waals surface area contributed by atoms with Gasteiger partial charge in [-0.25, -0.2) is 0 Å². The van der Waals surface area contributed by atoms with E-state index in [-0.39, 0.29) is 18.8 Å². The number of benzene rings is 1. The van der Waals surface area contributed by atoms with Crippen LogP contribution in [-0.4, -0.2) is 36.4 Å². The lowest BCUT2D eigenvalue weighted by molar-refractivity contribution is -0.384. The number of aliphatic hydroxyl groups is 1. The van der Waals surface area contributed by atoms with Gasteiger partial charge < -0.3 is 15.2 Å². The van der Waals surface area contributed by atoms with Gasteiger partial charge in [-0.3, -0.25) is 10.1 Å². The number of nitro benzene ring substituents is 1. The quantitative estimate of drug-likeness (QED) is 0.578. The molecule has 1 atom stereocenters. The Bertz CT molecular complexity index is 395. The summed E-state index contributed by atoms with van der Waals surface area (Å²) in [5.74, 6) is 0. The van der Waals surface area contributed by atoms with Crippen LogP contribution in [0.4, 0.5) is 11.4 Å². The number of ether oxygens (including phenoxy) is 1. The van der Waals surface area contributed by atoms with Crippen molar-refractivity contribution in [2.45, 2.75) is 13.0 Å². The number of methoxy groups -OCH3 is 1. The highest BCUT2D eigenvalue weighted by Crippen LogP contribution is 2.27. The normalized spacial score (nSPS) is 12.2. The maximum atomic E-state index is 10.8. The summed E-state index contributed by atoms with van der Waals surface area (Å²) >= 11 is 0. The van der Waals surface area contributed by atoms with Crippen LogP contribution in [0.2, 0.25) is 0 Å². The summed E-state index contributed by atoms with van der Waals surface area (Å²) in [5, 5.41) is 23.2. The number of hydrogen-bond donors (Lipinski definition) is 2. The van der Waals surface area contributed by atoms with Crippen molar-refractivity contribution in [1.29, 1.82) is 0 Å². The number of para-hydroxylation sites is 1. The van der Waals surface area contributed by atoms with Crippen molar-refractivity contribution in [2.24, 2.45) is 0 Å². The molecule has 0 heterocycles. The Morgan fingerprint density at radius 3 is 2.88 bits per heavy atom. The molecular weight excluding hydrogens is 224 g/mol. The first-order valence-electron chi connectivity index (χ1n) is 5.21. The van der Waals surface area contributed by atoms with E-state index in [4.69, 9.17) is 4.74 Å². The minimum atomic E-state index is -0.695. The van der Waals surface area contributed by atoms with Crippen LogP contribution in [0.1, 0.15) is 5.56 Å². The van der Waals surface area contributed by atoms with Gasteiger partial charge in [-0.15, -0.1) is 0 Å². The fourth-order valence-corrected chi connectivity index (χ4v) is 1.51. The zero-order chi connectivity index (χ0) is 12.8. The van der Waals surface area contributed by atoms with Gasteiger partial charge in [0.1, 0.15) is 5.69 Å². The van der Waals surface area contributed by atoms with Gasteiger partial charge in [-0.05, 0) is 12.5 Å². The first-order chi connectivity index (χ1) is 8.06. The summed E-state index contributed by atoms with van der Waals surface area (Å²) in [4.78, 5) is 10.4. The fraction of sp³-hybridized carbons (Fsp3) is 0.455. The highest BCUT2D eigenvalue weighted by atomic mass is 16.6. The zero-order valence-electron chi connectivity index (χ0n) is 9.84. The molecule has 0 spiro atoms. The number of nitro groups is 1. The van der Waals surface area contributed by atoms with E-state index in [0.29, 0.717) is 5.69 Å². The highest BCUT2D eigenvalue weighted by molar-refractivity contribution is 5.65. The average Bonchev–Trinajstić information content (AvgIpc) is 2.27. The van der Waals surface area contributed by atoms with E-state index in [1.807, 2.05) is 0 Å². The molecule has 1 rings (SSSR count). The molecular formula is C11H16N2O4. The van der Waals surface area contributed by atoms with Gasteiger partial charge in [0.15, 0.2) is 0 Å². The molecule has 0 aliphatic carbocycles. The van der Waals surface area contributed by atoms with Gasteiger partial charge in [0.25, 0.3) is 5.69 Å². The van der Waals surface area contributed by atoms with Crippen molar-refractivity contribution in [2.75, 3.05) is 25.6 Å². The van der Waals surface area contributed by atoms with Crippen LogP contribution in [-0.2, 0) is 4.74 Å². The SMILES string of the molecule is COCC(O)CNc1c(C)cccc1[N+](=O)[O-]. The number of aryl methyl sites for hydroxylation is 1. The third kappa shape index (κ3) is 3.69. The van der Waals surface area contributed by atoms with E-state index >= 15 is 0 Å². The first-order valence-corrected chi connectivity index (χ1v) is 5.21. The van der Waals surface area contributed by atoms with Crippen molar-refractivity contribution in [3.8, 4) is 0 Å². The smallest absolute Gasteiger partial charge is 0.292 e. The van der Waals surface area contributed by atoms with E-state index in [0.717, 1.165) is 5.56 Å². The molecule has 0 saturated carbocycles. The minimum Gasteiger partial charge on any atom is -0.389 e.